The van der Waals surface area contributed by atoms with Crippen molar-refractivity contribution in [1.82, 2.24) is 10.2 Å². The zero-order valence-corrected chi connectivity index (χ0v) is 18.7. The van der Waals surface area contributed by atoms with Gasteiger partial charge in [0.2, 0.25) is 5.13 Å². The number of carbonyl (C=O) groups excluding carboxylic acids is 2. The maximum absolute atomic E-state index is 13.2. The number of benzene rings is 3. The monoisotopic (exact) mass is 457 g/mol. The Labute approximate surface area is 193 Å². The number of nitrogens with zero attached hydrogens (tertiary/aromatic N) is 3. The highest BCUT2D eigenvalue weighted by Gasteiger charge is 2.48. The number of aliphatic hydroxyl groups is 1. The van der Waals surface area contributed by atoms with Gasteiger partial charge in [0.05, 0.1) is 18.7 Å². The minimum Gasteiger partial charge on any atom is -0.507 e. The van der Waals surface area contributed by atoms with E-state index in [-0.39, 0.29) is 11.3 Å². The number of amides is 1. The van der Waals surface area contributed by atoms with Crippen molar-refractivity contribution in [2.45, 2.75) is 13.0 Å². The van der Waals surface area contributed by atoms with Gasteiger partial charge in [0.1, 0.15) is 17.0 Å². The highest BCUT2D eigenvalue weighted by Crippen LogP contribution is 2.42. The smallest absolute Gasteiger partial charge is 0.301 e. The van der Waals surface area contributed by atoms with E-state index in [1.54, 1.807) is 19.2 Å². The second-order valence-electron chi connectivity index (χ2n) is 7.73. The summed E-state index contributed by atoms with van der Waals surface area (Å²) in [4.78, 5) is 27.5. The number of aliphatic hydroxyl groups excluding tert-OH is 1. The second kappa shape index (κ2) is 8.14. The third-order valence-electron chi connectivity index (χ3n) is 5.71. The number of methoxy groups -OCH3 is 1. The van der Waals surface area contributed by atoms with E-state index in [4.69, 9.17) is 4.74 Å². The number of hydrogen-bond acceptors (Lipinski definition) is 7. The molecule has 0 spiro atoms. The summed E-state index contributed by atoms with van der Waals surface area (Å²) in [6.45, 7) is 1.95. The quantitative estimate of drug-likeness (QED) is 0.273. The number of carbonyl (C=O) groups is 2. The Morgan fingerprint density at radius 3 is 2.45 bits per heavy atom. The predicted molar refractivity (Wildman–Crippen MR) is 126 cm³/mol. The average molecular weight is 458 g/mol. The fourth-order valence-electron chi connectivity index (χ4n) is 4.02. The zero-order chi connectivity index (χ0) is 23.1. The van der Waals surface area contributed by atoms with E-state index >= 15 is 0 Å². The maximum atomic E-state index is 13.2. The van der Waals surface area contributed by atoms with Gasteiger partial charge in [-0.3, -0.25) is 14.5 Å². The molecule has 1 fully saturated rings. The van der Waals surface area contributed by atoms with E-state index in [2.05, 4.69) is 10.2 Å². The molecule has 0 bridgehead atoms. The van der Waals surface area contributed by atoms with Gasteiger partial charge < -0.3 is 9.84 Å². The van der Waals surface area contributed by atoms with Crippen molar-refractivity contribution in [2.75, 3.05) is 12.0 Å². The van der Waals surface area contributed by atoms with Crippen LogP contribution in [0.15, 0.2) is 71.7 Å². The van der Waals surface area contributed by atoms with Crippen molar-refractivity contribution in [1.29, 1.82) is 0 Å². The largest absolute Gasteiger partial charge is 0.507 e. The van der Waals surface area contributed by atoms with Gasteiger partial charge in [0.15, 0.2) is 0 Å². The van der Waals surface area contributed by atoms with Crippen LogP contribution in [0.4, 0.5) is 5.13 Å². The second-order valence-corrected chi connectivity index (χ2v) is 8.54. The van der Waals surface area contributed by atoms with Crippen LogP contribution in [-0.2, 0) is 9.59 Å². The van der Waals surface area contributed by atoms with Crippen LogP contribution in [0, 0.1) is 6.92 Å². The van der Waals surface area contributed by atoms with E-state index in [0.29, 0.717) is 16.3 Å². The summed E-state index contributed by atoms with van der Waals surface area (Å²) in [7, 11) is 1.60. The molecule has 0 saturated carbocycles. The Morgan fingerprint density at radius 2 is 1.76 bits per heavy atom. The van der Waals surface area contributed by atoms with Crippen LogP contribution in [0.5, 0.6) is 5.75 Å². The Balaban J connectivity index is 1.69. The summed E-state index contributed by atoms with van der Waals surface area (Å²) < 4.78 is 5.27. The molecule has 1 atom stereocenters. The minimum absolute atomic E-state index is 0.0203. The minimum atomic E-state index is -0.815. The third-order valence-corrected chi connectivity index (χ3v) is 6.40. The molecule has 2 heterocycles. The summed E-state index contributed by atoms with van der Waals surface area (Å²) in [6, 6.07) is 17.6. The Morgan fingerprint density at radius 1 is 1.03 bits per heavy atom. The number of aromatic nitrogens is 2. The molecule has 1 aromatic heterocycles. The molecule has 1 saturated heterocycles. The molecular formula is C25H19N3O4S. The summed E-state index contributed by atoms with van der Waals surface area (Å²) in [5, 5.41) is 21.2. The SMILES string of the molecule is COc1ccc2cc(/C(O)=C3\C(=O)C(=O)N(c4nncs4)C3c3ccc(C)cc3)ccc2c1. The van der Waals surface area contributed by atoms with Crippen molar-refractivity contribution in [2.24, 2.45) is 0 Å². The molecule has 33 heavy (non-hydrogen) atoms. The van der Waals surface area contributed by atoms with Crippen molar-refractivity contribution < 1.29 is 19.4 Å². The summed E-state index contributed by atoms with van der Waals surface area (Å²) in [5.74, 6) is -1.02. The van der Waals surface area contributed by atoms with Gasteiger partial charge in [-0.1, -0.05) is 59.4 Å². The molecule has 0 aliphatic carbocycles. The van der Waals surface area contributed by atoms with Crippen molar-refractivity contribution in [3.05, 3.63) is 88.4 Å². The molecule has 1 unspecified atom stereocenters. The van der Waals surface area contributed by atoms with Gasteiger partial charge >= 0.3 is 5.91 Å². The summed E-state index contributed by atoms with van der Waals surface area (Å²) >= 11 is 1.16. The number of fused-ring (bicyclic) bond motifs is 1. The van der Waals surface area contributed by atoms with E-state index in [1.165, 1.54) is 10.4 Å². The molecule has 4 aromatic rings. The molecule has 3 aromatic carbocycles. The molecule has 164 valence electrons. The molecule has 1 aliphatic heterocycles. The van der Waals surface area contributed by atoms with Crippen LogP contribution < -0.4 is 9.64 Å². The topological polar surface area (TPSA) is 92.6 Å². The first-order valence-corrected chi connectivity index (χ1v) is 11.1. The van der Waals surface area contributed by atoms with Crippen molar-refractivity contribution in [3.8, 4) is 5.75 Å². The highest BCUT2D eigenvalue weighted by atomic mass is 32.1. The molecule has 0 radical (unpaired) electrons. The normalized spacial score (nSPS) is 17.6. The van der Waals surface area contributed by atoms with Crippen LogP contribution in [0.2, 0.25) is 0 Å². The van der Waals surface area contributed by atoms with Gasteiger partial charge in [-0.05, 0) is 41.5 Å². The van der Waals surface area contributed by atoms with Crippen molar-refractivity contribution in [3.63, 3.8) is 0 Å². The Kier molecular flexibility index (Phi) is 5.14. The molecule has 8 heteroatoms. The first kappa shape index (κ1) is 20.8. The Bertz CT molecular complexity index is 1410. The summed E-state index contributed by atoms with van der Waals surface area (Å²) in [6.07, 6.45) is 0. The fraction of sp³-hybridized carbons (Fsp3) is 0.120. The van der Waals surface area contributed by atoms with Crippen LogP contribution in [-0.4, -0.2) is 34.1 Å². The van der Waals surface area contributed by atoms with Crippen LogP contribution >= 0.6 is 11.3 Å². The lowest BCUT2D eigenvalue weighted by molar-refractivity contribution is -0.132. The number of Topliss-reactive ketones (excluding diaryl/α,β-unsaturated/α-hetero) is 1. The number of ether oxygens (including phenoxy) is 1. The maximum Gasteiger partial charge on any atom is 0.301 e. The fourth-order valence-corrected chi connectivity index (χ4v) is 4.60. The van der Waals surface area contributed by atoms with E-state index in [9.17, 15) is 14.7 Å². The van der Waals surface area contributed by atoms with Crippen LogP contribution in [0.25, 0.3) is 16.5 Å². The number of rotatable bonds is 4. The zero-order valence-electron chi connectivity index (χ0n) is 17.9. The van der Waals surface area contributed by atoms with E-state index in [0.717, 1.165) is 33.4 Å². The number of aryl methyl sites for hydroxylation is 1. The Hall–Kier alpha value is -4.04. The van der Waals surface area contributed by atoms with Gasteiger partial charge in [0, 0.05) is 5.56 Å². The molecule has 1 amide bonds. The number of ketones is 1. The van der Waals surface area contributed by atoms with Gasteiger partial charge in [-0.25, -0.2) is 0 Å². The number of anilines is 1. The number of hydrogen-bond donors (Lipinski definition) is 1. The average Bonchev–Trinajstić information content (AvgIpc) is 3.45. The summed E-state index contributed by atoms with van der Waals surface area (Å²) in [5.41, 5.74) is 3.70. The lowest BCUT2D eigenvalue weighted by Crippen LogP contribution is -2.29. The standard InChI is InChI=1S/C25H19N3O4S/c1-14-3-5-15(6-4-14)21-20(23(30)24(31)28(21)25-27-26-13-33-25)22(29)18-8-7-17-12-19(32-2)10-9-16(17)11-18/h3-13,21,29H,1-2H3/b22-20+. The molecule has 1 N–H and O–H groups in total. The van der Waals surface area contributed by atoms with E-state index < -0.39 is 17.7 Å². The molecular weight excluding hydrogens is 438 g/mol. The highest BCUT2D eigenvalue weighted by molar-refractivity contribution is 7.13. The molecule has 5 rings (SSSR count). The van der Waals surface area contributed by atoms with Crippen LogP contribution in [0.1, 0.15) is 22.7 Å². The predicted octanol–water partition coefficient (Wildman–Crippen LogP) is 4.63. The lowest BCUT2D eigenvalue weighted by atomic mass is 9.94. The molecule has 7 nitrogen and oxygen atoms in total. The van der Waals surface area contributed by atoms with Crippen molar-refractivity contribution >= 4 is 44.7 Å². The first-order valence-electron chi connectivity index (χ1n) is 10.2. The third kappa shape index (κ3) is 3.54. The van der Waals surface area contributed by atoms with E-state index in [1.807, 2.05) is 55.5 Å². The molecule has 1 aliphatic rings. The lowest BCUT2D eigenvalue weighted by Gasteiger charge is -2.22. The van der Waals surface area contributed by atoms with Gasteiger partial charge in [0.25, 0.3) is 5.78 Å². The van der Waals surface area contributed by atoms with Gasteiger partial charge in [-0.15, -0.1) is 10.2 Å². The first-order chi connectivity index (χ1) is 16.0. The van der Waals surface area contributed by atoms with Crippen LogP contribution in [0.3, 0.4) is 0 Å². The van der Waals surface area contributed by atoms with Gasteiger partial charge in [-0.2, -0.15) is 0 Å².